The molecule has 118 valence electrons. The first-order chi connectivity index (χ1) is 9.46. The number of rotatable bonds is 8. The fraction of sp³-hybridized carbons (Fsp3) is 0.938. The summed E-state index contributed by atoms with van der Waals surface area (Å²) >= 11 is 0. The number of ether oxygens (including phenoxy) is 1. The molecule has 1 aliphatic rings. The van der Waals surface area contributed by atoms with E-state index in [2.05, 4.69) is 38.0 Å². The van der Waals surface area contributed by atoms with E-state index in [4.69, 9.17) is 4.74 Å². The molecule has 1 aliphatic carbocycles. The number of carbonyl (C=O) groups is 1. The van der Waals surface area contributed by atoms with Crippen LogP contribution in [0.15, 0.2) is 0 Å². The van der Waals surface area contributed by atoms with Gasteiger partial charge < -0.3 is 9.64 Å². The van der Waals surface area contributed by atoms with Crippen molar-refractivity contribution in [1.29, 1.82) is 0 Å². The van der Waals surface area contributed by atoms with Crippen molar-refractivity contribution in [2.75, 3.05) is 27.2 Å². The Morgan fingerprint density at radius 3 is 2.70 bits per heavy atom. The summed E-state index contributed by atoms with van der Waals surface area (Å²) in [5.41, 5.74) is -0.462. The predicted molar refractivity (Wildman–Crippen MR) is 82.8 cm³/mol. The van der Waals surface area contributed by atoms with Crippen molar-refractivity contribution in [2.24, 2.45) is 5.92 Å². The Morgan fingerprint density at radius 2 is 2.15 bits per heavy atom. The molecule has 1 fully saturated rings. The average molecular weight is 284 g/mol. The molecule has 4 nitrogen and oxygen atoms in total. The molecule has 0 aromatic rings. The number of hydrogen-bond acceptors (Lipinski definition) is 4. The second-order valence-corrected chi connectivity index (χ2v) is 6.44. The average Bonchev–Trinajstić information content (AvgIpc) is 2.79. The maximum atomic E-state index is 12.4. The summed E-state index contributed by atoms with van der Waals surface area (Å²) in [5.74, 6) is 0.309. The normalized spacial score (nSPS) is 26.4. The van der Waals surface area contributed by atoms with Crippen molar-refractivity contribution in [1.82, 2.24) is 10.2 Å². The zero-order valence-electron chi connectivity index (χ0n) is 13.9. The minimum absolute atomic E-state index is 0.0770. The number of carbonyl (C=O) groups excluding carboxylic acids is 1. The number of methoxy groups -OCH3 is 1. The summed E-state index contributed by atoms with van der Waals surface area (Å²) in [5, 5.41) is 3.52. The Morgan fingerprint density at radius 1 is 1.45 bits per heavy atom. The van der Waals surface area contributed by atoms with Crippen LogP contribution in [0.3, 0.4) is 0 Å². The smallest absolute Gasteiger partial charge is 0.326 e. The molecule has 0 amide bonds. The molecule has 0 aromatic heterocycles. The fourth-order valence-corrected chi connectivity index (χ4v) is 3.55. The Balaban J connectivity index is 2.73. The van der Waals surface area contributed by atoms with E-state index in [0.717, 1.165) is 38.8 Å². The van der Waals surface area contributed by atoms with Crippen molar-refractivity contribution >= 4 is 5.97 Å². The van der Waals surface area contributed by atoms with Gasteiger partial charge in [-0.3, -0.25) is 10.1 Å². The van der Waals surface area contributed by atoms with Crippen LogP contribution < -0.4 is 5.32 Å². The molecule has 1 N–H and O–H groups in total. The van der Waals surface area contributed by atoms with Crippen LogP contribution in [-0.2, 0) is 9.53 Å². The highest BCUT2D eigenvalue weighted by atomic mass is 16.5. The van der Waals surface area contributed by atoms with Crippen molar-refractivity contribution in [2.45, 2.75) is 64.5 Å². The van der Waals surface area contributed by atoms with Gasteiger partial charge in [0.05, 0.1) is 7.11 Å². The first kappa shape index (κ1) is 17.4. The van der Waals surface area contributed by atoms with Crippen molar-refractivity contribution in [3.8, 4) is 0 Å². The molecule has 1 saturated carbocycles. The summed E-state index contributed by atoms with van der Waals surface area (Å²) in [6, 6.07) is 0.295. The second-order valence-electron chi connectivity index (χ2n) is 6.44. The van der Waals surface area contributed by atoms with Crippen LogP contribution in [0.25, 0.3) is 0 Å². The topological polar surface area (TPSA) is 41.6 Å². The van der Waals surface area contributed by atoms with Crippen LogP contribution in [0, 0.1) is 5.92 Å². The maximum Gasteiger partial charge on any atom is 0.326 e. The Kier molecular flexibility index (Phi) is 6.96. The Hall–Kier alpha value is -0.610. The fourth-order valence-electron chi connectivity index (χ4n) is 3.55. The monoisotopic (exact) mass is 284 g/mol. The quantitative estimate of drug-likeness (QED) is 0.695. The van der Waals surface area contributed by atoms with E-state index in [9.17, 15) is 4.79 Å². The zero-order valence-corrected chi connectivity index (χ0v) is 13.9. The van der Waals surface area contributed by atoms with E-state index in [0.29, 0.717) is 12.0 Å². The standard InChI is InChI=1S/C16H32N2O2/c1-6-11-18(4)12-9-14-8-7-10-16(14,15(19)20-5)17-13(2)3/h13-14,17H,6-12H2,1-5H3. The van der Waals surface area contributed by atoms with E-state index >= 15 is 0 Å². The molecule has 0 bridgehead atoms. The lowest BCUT2D eigenvalue weighted by Gasteiger charge is -2.36. The molecule has 0 aromatic carbocycles. The molecule has 2 unspecified atom stereocenters. The van der Waals surface area contributed by atoms with Crippen LogP contribution in [0.4, 0.5) is 0 Å². The summed E-state index contributed by atoms with van der Waals surface area (Å²) in [4.78, 5) is 14.7. The van der Waals surface area contributed by atoms with Gasteiger partial charge in [-0.2, -0.15) is 0 Å². The lowest BCUT2D eigenvalue weighted by Crippen LogP contribution is -2.58. The number of esters is 1. The van der Waals surface area contributed by atoms with Gasteiger partial charge in [-0.25, -0.2) is 0 Å². The molecule has 0 saturated heterocycles. The van der Waals surface area contributed by atoms with Crippen LogP contribution in [-0.4, -0.2) is 49.7 Å². The third-order valence-corrected chi connectivity index (χ3v) is 4.38. The molecule has 2 atom stereocenters. The van der Waals surface area contributed by atoms with Gasteiger partial charge in [-0.15, -0.1) is 0 Å². The van der Waals surface area contributed by atoms with Crippen LogP contribution in [0.2, 0.25) is 0 Å². The van der Waals surface area contributed by atoms with Crippen molar-refractivity contribution in [3.05, 3.63) is 0 Å². The highest BCUT2D eigenvalue weighted by Gasteiger charge is 2.49. The van der Waals surface area contributed by atoms with Gasteiger partial charge in [-0.05, 0) is 65.6 Å². The molecule has 0 heterocycles. The Labute approximate surface area is 124 Å². The summed E-state index contributed by atoms with van der Waals surface area (Å²) in [7, 11) is 3.67. The lowest BCUT2D eigenvalue weighted by molar-refractivity contribution is -0.151. The van der Waals surface area contributed by atoms with E-state index in [-0.39, 0.29) is 5.97 Å². The molecule has 0 spiro atoms. The minimum Gasteiger partial charge on any atom is -0.468 e. The largest absolute Gasteiger partial charge is 0.468 e. The van der Waals surface area contributed by atoms with Crippen molar-refractivity contribution in [3.63, 3.8) is 0 Å². The van der Waals surface area contributed by atoms with Gasteiger partial charge in [0.2, 0.25) is 0 Å². The highest BCUT2D eigenvalue weighted by molar-refractivity contribution is 5.81. The van der Waals surface area contributed by atoms with Crippen LogP contribution in [0.1, 0.15) is 52.9 Å². The first-order valence-electron chi connectivity index (χ1n) is 8.01. The summed E-state index contributed by atoms with van der Waals surface area (Å²) in [6.07, 6.45) is 5.37. The summed E-state index contributed by atoms with van der Waals surface area (Å²) < 4.78 is 5.11. The van der Waals surface area contributed by atoms with Crippen molar-refractivity contribution < 1.29 is 9.53 Å². The SMILES string of the molecule is CCCN(C)CCC1CCCC1(NC(C)C)C(=O)OC. The third kappa shape index (κ3) is 4.19. The van der Waals surface area contributed by atoms with Gasteiger partial charge >= 0.3 is 5.97 Å². The molecule has 0 radical (unpaired) electrons. The number of nitrogens with one attached hydrogen (secondary N) is 1. The number of nitrogens with zero attached hydrogens (tertiary/aromatic N) is 1. The van der Waals surface area contributed by atoms with Gasteiger partial charge in [-0.1, -0.05) is 13.3 Å². The third-order valence-electron chi connectivity index (χ3n) is 4.38. The maximum absolute atomic E-state index is 12.4. The minimum atomic E-state index is -0.462. The van der Waals surface area contributed by atoms with E-state index in [1.54, 1.807) is 0 Å². The van der Waals surface area contributed by atoms with Gasteiger partial charge in [0.15, 0.2) is 0 Å². The molecule has 20 heavy (non-hydrogen) atoms. The van der Waals surface area contributed by atoms with E-state index < -0.39 is 5.54 Å². The summed E-state index contributed by atoms with van der Waals surface area (Å²) in [6.45, 7) is 8.57. The molecule has 4 heteroatoms. The van der Waals surface area contributed by atoms with Gasteiger partial charge in [0.25, 0.3) is 0 Å². The van der Waals surface area contributed by atoms with E-state index in [1.165, 1.54) is 13.5 Å². The first-order valence-corrected chi connectivity index (χ1v) is 8.01. The van der Waals surface area contributed by atoms with Gasteiger partial charge in [0.1, 0.15) is 5.54 Å². The van der Waals surface area contributed by atoms with Crippen LogP contribution in [0.5, 0.6) is 0 Å². The lowest BCUT2D eigenvalue weighted by atomic mass is 9.83. The Bertz CT molecular complexity index is 307. The molecule has 0 aliphatic heterocycles. The van der Waals surface area contributed by atoms with Gasteiger partial charge in [0, 0.05) is 6.04 Å². The highest BCUT2D eigenvalue weighted by Crippen LogP contribution is 2.39. The second kappa shape index (κ2) is 7.99. The van der Waals surface area contributed by atoms with Crippen LogP contribution >= 0.6 is 0 Å². The zero-order chi connectivity index (χ0) is 15.2. The molecular weight excluding hydrogens is 252 g/mol. The number of hydrogen-bond donors (Lipinski definition) is 1. The predicted octanol–water partition coefficient (Wildman–Crippen LogP) is 2.43. The molecular formula is C16H32N2O2. The molecule has 1 rings (SSSR count). The van der Waals surface area contributed by atoms with E-state index in [1.807, 2.05) is 0 Å².